The van der Waals surface area contributed by atoms with Crippen molar-refractivity contribution in [3.8, 4) is 5.75 Å². The first-order chi connectivity index (χ1) is 14.4. The maximum absolute atomic E-state index is 13.7. The van der Waals surface area contributed by atoms with Gasteiger partial charge >= 0.3 is 0 Å². The first-order valence-electron chi connectivity index (χ1n) is 9.11. The molecule has 1 aromatic heterocycles. The Labute approximate surface area is 181 Å². The third-order valence-electron chi connectivity index (χ3n) is 4.10. The molecule has 1 amide bonds. The van der Waals surface area contributed by atoms with Crippen molar-refractivity contribution >= 4 is 35.0 Å². The molecule has 6 nitrogen and oxygen atoms in total. The summed E-state index contributed by atoms with van der Waals surface area (Å²) < 4.78 is 34.5. The molecule has 0 saturated carbocycles. The summed E-state index contributed by atoms with van der Waals surface area (Å²) in [5.41, 5.74) is 0.124. The molecule has 0 spiro atoms. The quantitative estimate of drug-likeness (QED) is 0.481. The van der Waals surface area contributed by atoms with Crippen LogP contribution in [0.15, 0.2) is 47.6 Å². The summed E-state index contributed by atoms with van der Waals surface area (Å²) in [5.74, 6) is -0.417. The van der Waals surface area contributed by atoms with Crippen molar-refractivity contribution in [1.82, 2.24) is 14.8 Å². The van der Waals surface area contributed by atoms with Crippen molar-refractivity contribution in [3.63, 3.8) is 0 Å². The van der Waals surface area contributed by atoms with Crippen molar-refractivity contribution in [2.45, 2.75) is 31.7 Å². The molecule has 0 radical (unpaired) electrons. The van der Waals surface area contributed by atoms with Crippen LogP contribution in [0.3, 0.4) is 0 Å². The van der Waals surface area contributed by atoms with Crippen LogP contribution < -0.4 is 10.1 Å². The van der Waals surface area contributed by atoms with E-state index < -0.39 is 17.7 Å². The highest BCUT2D eigenvalue weighted by Gasteiger charge is 2.20. The van der Waals surface area contributed by atoms with E-state index in [9.17, 15) is 13.6 Å². The predicted octanol–water partition coefficient (Wildman–Crippen LogP) is 5.10. The number of hydrogen-bond donors (Lipinski definition) is 1. The van der Waals surface area contributed by atoms with Gasteiger partial charge in [0, 0.05) is 6.54 Å². The van der Waals surface area contributed by atoms with E-state index in [1.807, 2.05) is 11.5 Å². The van der Waals surface area contributed by atoms with Crippen LogP contribution >= 0.6 is 23.4 Å². The fraction of sp³-hybridized carbons (Fsp3) is 0.250. The topological polar surface area (TPSA) is 69.0 Å². The molecule has 30 heavy (non-hydrogen) atoms. The lowest BCUT2D eigenvalue weighted by atomic mass is 10.3. The van der Waals surface area contributed by atoms with Crippen LogP contribution in [0.5, 0.6) is 5.75 Å². The zero-order valence-corrected chi connectivity index (χ0v) is 17.8. The zero-order valence-electron chi connectivity index (χ0n) is 16.2. The van der Waals surface area contributed by atoms with Crippen LogP contribution in [0.2, 0.25) is 5.02 Å². The minimum atomic E-state index is -0.512. The second-order valence-corrected chi connectivity index (χ2v) is 7.59. The summed E-state index contributed by atoms with van der Waals surface area (Å²) in [6, 6.07) is 9.83. The number of thioether (sulfide) groups is 1. The number of benzene rings is 2. The lowest BCUT2D eigenvalue weighted by molar-refractivity contribution is -0.113. The number of nitrogens with one attached hydrogen (secondary N) is 1. The number of nitrogens with zero attached hydrogens (tertiary/aromatic N) is 3. The van der Waals surface area contributed by atoms with E-state index in [2.05, 4.69) is 15.5 Å². The predicted molar refractivity (Wildman–Crippen MR) is 112 cm³/mol. The first-order valence-corrected chi connectivity index (χ1v) is 10.5. The molecule has 0 saturated heterocycles. The van der Waals surface area contributed by atoms with E-state index >= 15 is 0 Å². The van der Waals surface area contributed by atoms with Crippen LogP contribution in [0.4, 0.5) is 14.5 Å². The Morgan fingerprint density at radius 3 is 2.73 bits per heavy atom. The van der Waals surface area contributed by atoms with Crippen LogP contribution in [-0.2, 0) is 11.3 Å². The molecular formula is C20H19ClF2N4O2S. The molecule has 0 fully saturated rings. The Kier molecular flexibility index (Phi) is 7.28. The molecule has 3 rings (SSSR count). The summed E-state index contributed by atoms with van der Waals surface area (Å²) >= 11 is 7.20. The summed E-state index contributed by atoms with van der Waals surface area (Å²) in [7, 11) is 0. The maximum Gasteiger partial charge on any atom is 0.234 e. The average Bonchev–Trinajstić information content (AvgIpc) is 3.13. The number of halogens is 3. The van der Waals surface area contributed by atoms with Crippen LogP contribution in [0, 0.1) is 11.6 Å². The Morgan fingerprint density at radius 2 is 2.03 bits per heavy atom. The molecule has 158 valence electrons. The third-order valence-corrected chi connectivity index (χ3v) is 5.37. The number of hydrogen-bond acceptors (Lipinski definition) is 5. The van der Waals surface area contributed by atoms with E-state index in [4.69, 9.17) is 16.3 Å². The Balaban J connectivity index is 1.66. The number of carbonyl (C=O) groups excluding carboxylic acids is 1. The minimum Gasteiger partial charge on any atom is -0.481 e. The highest BCUT2D eigenvalue weighted by Crippen LogP contribution is 2.30. The van der Waals surface area contributed by atoms with Crippen molar-refractivity contribution in [1.29, 1.82) is 0 Å². The van der Waals surface area contributed by atoms with Crippen LogP contribution in [-0.4, -0.2) is 26.4 Å². The summed E-state index contributed by atoms with van der Waals surface area (Å²) in [6.07, 6.45) is -0.512. The highest BCUT2D eigenvalue weighted by atomic mass is 35.5. The largest absolute Gasteiger partial charge is 0.481 e. The number of carbonyl (C=O) groups is 1. The van der Waals surface area contributed by atoms with Crippen LogP contribution in [0.1, 0.15) is 25.8 Å². The molecule has 10 heteroatoms. The van der Waals surface area contributed by atoms with Gasteiger partial charge < -0.3 is 14.6 Å². The average molecular weight is 453 g/mol. The molecule has 2 aromatic carbocycles. The van der Waals surface area contributed by atoms with Gasteiger partial charge in [0.1, 0.15) is 17.4 Å². The lowest BCUT2D eigenvalue weighted by Crippen LogP contribution is -2.16. The number of aromatic nitrogens is 3. The first kappa shape index (κ1) is 22.0. The number of rotatable bonds is 8. The number of ether oxygens (including phenoxy) is 1. The summed E-state index contributed by atoms with van der Waals surface area (Å²) in [4.78, 5) is 12.2. The molecule has 1 unspecified atom stereocenters. The van der Waals surface area contributed by atoms with E-state index in [0.29, 0.717) is 23.3 Å². The van der Waals surface area contributed by atoms with Gasteiger partial charge in [0.05, 0.1) is 16.5 Å². The van der Waals surface area contributed by atoms with Gasteiger partial charge in [0.2, 0.25) is 5.91 Å². The van der Waals surface area contributed by atoms with Gasteiger partial charge in [-0.25, -0.2) is 8.78 Å². The van der Waals surface area contributed by atoms with E-state index in [-0.39, 0.29) is 22.4 Å². The fourth-order valence-corrected chi connectivity index (χ4v) is 3.72. The minimum absolute atomic E-state index is 0.0332. The monoisotopic (exact) mass is 452 g/mol. The highest BCUT2D eigenvalue weighted by molar-refractivity contribution is 7.99. The molecular weight excluding hydrogens is 434 g/mol. The third kappa shape index (κ3) is 5.28. The fourth-order valence-electron chi connectivity index (χ4n) is 2.70. The van der Waals surface area contributed by atoms with Gasteiger partial charge in [0.25, 0.3) is 0 Å². The smallest absolute Gasteiger partial charge is 0.234 e. The van der Waals surface area contributed by atoms with Gasteiger partial charge in [-0.3, -0.25) is 4.79 Å². The zero-order chi connectivity index (χ0) is 21.7. The number of amides is 1. The Morgan fingerprint density at radius 1 is 1.27 bits per heavy atom. The summed E-state index contributed by atoms with van der Waals surface area (Å²) in [5, 5.41) is 11.5. The molecule has 3 aromatic rings. The van der Waals surface area contributed by atoms with E-state index in [0.717, 1.165) is 0 Å². The van der Waals surface area contributed by atoms with Gasteiger partial charge in [-0.15, -0.1) is 10.2 Å². The number of anilines is 1. The molecule has 0 aliphatic rings. The van der Waals surface area contributed by atoms with Crippen molar-refractivity contribution < 1.29 is 18.3 Å². The molecule has 1 atom stereocenters. The maximum atomic E-state index is 13.7. The van der Waals surface area contributed by atoms with Crippen molar-refractivity contribution in [2.24, 2.45) is 0 Å². The molecule has 1 N–H and O–H groups in total. The Bertz CT molecular complexity index is 1050. The Hall–Kier alpha value is -2.65. The van der Waals surface area contributed by atoms with Gasteiger partial charge in [0.15, 0.2) is 17.1 Å². The van der Waals surface area contributed by atoms with Crippen LogP contribution in [0.25, 0.3) is 0 Å². The standard InChI is InChI=1S/C20H19ClF2N4O2S/c1-3-27-19(12(2)29-17-9-8-13(22)10-14(17)21)25-26-20(27)30-11-18(28)24-16-7-5-4-6-15(16)23/h4-10,12H,3,11H2,1-2H3,(H,24,28). The second-order valence-electron chi connectivity index (χ2n) is 6.24. The lowest BCUT2D eigenvalue weighted by Gasteiger charge is -2.16. The molecule has 1 heterocycles. The second kappa shape index (κ2) is 9.90. The van der Waals surface area contributed by atoms with Gasteiger partial charge in [-0.05, 0) is 44.2 Å². The normalized spacial score (nSPS) is 11.9. The van der Waals surface area contributed by atoms with E-state index in [1.54, 1.807) is 19.1 Å². The molecule has 0 bridgehead atoms. The van der Waals surface area contributed by atoms with Gasteiger partial charge in [-0.1, -0.05) is 35.5 Å². The molecule has 0 aliphatic heterocycles. The van der Waals surface area contributed by atoms with Crippen molar-refractivity contribution in [3.05, 3.63) is 64.9 Å². The van der Waals surface area contributed by atoms with Crippen molar-refractivity contribution in [2.75, 3.05) is 11.1 Å². The molecule has 0 aliphatic carbocycles. The van der Waals surface area contributed by atoms with Gasteiger partial charge in [-0.2, -0.15) is 0 Å². The summed E-state index contributed by atoms with van der Waals surface area (Å²) in [6.45, 7) is 4.23. The SMILES string of the molecule is CCn1c(SCC(=O)Nc2ccccc2F)nnc1C(C)Oc1ccc(F)cc1Cl. The van der Waals surface area contributed by atoms with E-state index in [1.165, 1.54) is 42.1 Å². The number of para-hydroxylation sites is 1.